The number of nitrogens with zero attached hydrogens (tertiary/aromatic N) is 3. The van der Waals surface area contributed by atoms with E-state index in [9.17, 15) is 4.79 Å². The largest absolute Gasteiger partial charge is 0.442 e. The first kappa shape index (κ1) is 15.3. The molecule has 0 aliphatic heterocycles. The van der Waals surface area contributed by atoms with Gasteiger partial charge in [-0.1, -0.05) is 0 Å². The summed E-state index contributed by atoms with van der Waals surface area (Å²) in [6, 6.07) is 5.44. The SMILES string of the molecule is CN(C)Cc1nn(C(=O)OC(C)(C)C)c2cc(N)ccc12. The molecule has 1 aromatic heterocycles. The number of carbonyl (C=O) groups excluding carboxylic acids is 1. The van der Waals surface area contributed by atoms with Crippen LogP contribution in [0.5, 0.6) is 0 Å². The second kappa shape index (κ2) is 5.37. The van der Waals surface area contributed by atoms with E-state index in [-0.39, 0.29) is 0 Å². The van der Waals surface area contributed by atoms with Crippen LogP contribution in [0.4, 0.5) is 10.5 Å². The number of nitrogens with two attached hydrogens (primary N) is 1. The highest BCUT2D eigenvalue weighted by Gasteiger charge is 2.22. The lowest BCUT2D eigenvalue weighted by Crippen LogP contribution is -2.28. The molecular weight excluding hydrogens is 268 g/mol. The zero-order chi connectivity index (χ0) is 15.8. The fraction of sp³-hybridized carbons (Fsp3) is 0.467. The van der Waals surface area contributed by atoms with Gasteiger partial charge in [-0.05, 0) is 53.1 Å². The third-order valence-electron chi connectivity index (χ3n) is 2.81. The Morgan fingerprint density at radius 1 is 1.38 bits per heavy atom. The lowest BCUT2D eigenvalue weighted by molar-refractivity contribution is 0.0521. The standard InChI is InChI=1S/C15H22N4O2/c1-15(2,3)21-14(20)19-13-8-10(16)6-7-11(13)12(17-19)9-18(4)5/h6-8H,9,16H2,1-5H3. The van der Waals surface area contributed by atoms with Gasteiger partial charge in [-0.3, -0.25) is 0 Å². The van der Waals surface area contributed by atoms with Gasteiger partial charge in [0.1, 0.15) is 5.60 Å². The Hall–Kier alpha value is -2.08. The number of anilines is 1. The highest BCUT2D eigenvalue weighted by atomic mass is 16.6. The molecular formula is C15H22N4O2. The van der Waals surface area contributed by atoms with Crippen LogP contribution in [0.2, 0.25) is 0 Å². The maximum absolute atomic E-state index is 12.3. The van der Waals surface area contributed by atoms with E-state index in [0.29, 0.717) is 17.7 Å². The first-order valence-electron chi connectivity index (χ1n) is 6.82. The lowest BCUT2D eigenvalue weighted by atomic mass is 10.2. The van der Waals surface area contributed by atoms with Gasteiger partial charge in [-0.15, -0.1) is 0 Å². The molecule has 0 radical (unpaired) electrons. The summed E-state index contributed by atoms with van der Waals surface area (Å²) >= 11 is 0. The fourth-order valence-corrected chi connectivity index (χ4v) is 2.06. The number of nitrogen functional groups attached to an aromatic ring is 1. The number of ether oxygens (including phenoxy) is 1. The van der Waals surface area contributed by atoms with E-state index in [2.05, 4.69) is 5.10 Å². The molecule has 6 heteroatoms. The molecule has 0 fully saturated rings. The Bertz CT molecular complexity index is 668. The second-order valence-corrected chi connectivity index (χ2v) is 6.35. The van der Waals surface area contributed by atoms with Crippen molar-refractivity contribution in [2.45, 2.75) is 32.9 Å². The van der Waals surface area contributed by atoms with Gasteiger partial charge in [0.15, 0.2) is 0 Å². The number of hydrogen-bond donors (Lipinski definition) is 1. The molecule has 0 aliphatic carbocycles. The van der Waals surface area contributed by atoms with Gasteiger partial charge >= 0.3 is 6.09 Å². The molecule has 114 valence electrons. The van der Waals surface area contributed by atoms with Crippen LogP contribution in [0.15, 0.2) is 18.2 Å². The van der Waals surface area contributed by atoms with Gasteiger partial charge in [0.05, 0.1) is 11.2 Å². The minimum Gasteiger partial charge on any atom is -0.442 e. The minimum absolute atomic E-state index is 0.497. The van der Waals surface area contributed by atoms with Gasteiger partial charge in [0.2, 0.25) is 0 Å². The highest BCUT2D eigenvalue weighted by Crippen LogP contribution is 2.23. The summed E-state index contributed by atoms with van der Waals surface area (Å²) < 4.78 is 6.68. The van der Waals surface area contributed by atoms with Gasteiger partial charge in [0, 0.05) is 17.6 Å². The van der Waals surface area contributed by atoms with Crippen molar-refractivity contribution in [2.24, 2.45) is 0 Å². The van der Waals surface area contributed by atoms with Gasteiger partial charge < -0.3 is 15.4 Å². The maximum atomic E-state index is 12.3. The normalized spacial score (nSPS) is 12.1. The van der Waals surface area contributed by atoms with E-state index in [1.807, 2.05) is 51.9 Å². The molecule has 0 spiro atoms. The van der Waals surface area contributed by atoms with Crippen molar-refractivity contribution in [3.05, 3.63) is 23.9 Å². The van der Waals surface area contributed by atoms with Crippen LogP contribution in [0, 0.1) is 0 Å². The molecule has 21 heavy (non-hydrogen) atoms. The van der Waals surface area contributed by atoms with Crippen LogP contribution in [0.3, 0.4) is 0 Å². The minimum atomic E-state index is -0.572. The van der Waals surface area contributed by atoms with Crippen LogP contribution >= 0.6 is 0 Å². The van der Waals surface area contributed by atoms with Crippen molar-refractivity contribution >= 4 is 22.7 Å². The van der Waals surface area contributed by atoms with Crippen molar-refractivity contribution in [1.29, 1.82) is 0 Å². The maximum Gasteiger partial charge on any atom is 0.435 e. The van der Waals surface area contributed by atoms with Crippen LogP contribution < -0.4 is 5.73 Å². The average Bonchev–Trinajstić information content (AvgIpc) is 2.64. The Morgan fingerprint density at radius 3 is 2.62 bits per heavy atom. The Morgan fingerprint density at radius 2 is 2.05 bits per heavy atom. The average molecular weight is 290 g/mol. The van der Waals surface area contributed by atoms with Gasteiger partial charge in [-0.25, -0.2) is 4.79 Å². The van der Waals surface area contributed by atoms with Gasteiger partial charge in [0.25, 0.3) is 0 Å². The van der Waals surface area contributed by atoms with E-state index in [1.165, 1.54) is 4.68 Å². The third kappa shape index (κ3) is 3.52. The zero-order valence-electron chi connectivity index (χ0n) is 13.2. The van der Waals surface area contributed by atoms with E-state index < -0.39 is 11.7 Å². The van der Waals surface area contributed by atoms with Crippen molar-refractivity contribution in [3.8, 4) is 0 Å². The molecule has 0 saturated carbocycles. The third-order valence-corrected chi connectivity index (χ3v) is 2.81. The van der Waals surface area contributed by atoms with E-state index in [0.717, 1.165) is 11.1 Å². The van der Waals surface area contributed by atoms with Crippen LogP contribution in [0.25, 0.3) is 10.9 Å². The first-order chi connectivity index (χ1) is 9.67. The second-order valence-electron chi connectivity index (χ2n) is 6.35. The summed E-state index contributed by atoms with van der Waals surface area (Å²) in [4.78, 5) is 14.3. The Balaban J connectivity index is 2.52. The fourth-order valence-electron chi connectivity index (χ4n) is 2.06. The monoisotopic (exact) mass is 290 g/mol. The number of aromatic nitrogens is 2. The molecule has 0 amide bonds. The highest BCUT2D eigenvalue weighted by molar-refractivity contribution is 5.91. The number of benzene rings is 1. The van der Waals surface area contributed by atoms with Crippen molar-refractivity contribution < 1.29 is 9.53 Å². The molecule has 0 unspecified atom stereocenters. The molecule has 0 bridgehead atoms. The summed E-state index contributed by atoms with van der Waals surface area (Å²) in [7, 11) is 3.91. The van der Waals surface area contributed by atoms with Crippen molar-refractivity contribution in [1.82, 2.24) is 14.7 Å². The summed E-state index contributed by atoms with van der Waals surface area (Å²) in [5.74, 6) is 0. The predicted octanol–water partition coefficient (Wildman–Crippen LogP) is 2.46. The van der Waals surface area contributed by atoms with Gasteiger partial charge in [-0.2, -0.15) is 9.78 Å². The number of carbonyl (C=O) groups is 1. The van der Waals surface area contributed by atoms with Crippen LogP contribution in [-0.2, 0) is 11.3 Å². The number of rotatable bonds is 2. The molecule has 0 atom stereocenters. The smallest absolute Gasteiger partial charge is 0.435 e. The molecule has 0 saturated heterocycles. The molecule has 0 aliphatic rings. The van der Waals surface area contributed by atoms with Crippen molar-refractivity contribution in [3.63, 3.8) is 0 Å². The molecule has 2 rings (SSSR count). The summed E-state index contributed by atoms with van der Waals surface area (Å²) in [6.07, 6.45) is -0.497. The Kier molecular flexibility index (Phi) is 3.91. The molecule has 2 N–H and O–H groups in total. The summed E-state index contributed by atoms with van der Waals surface area (Å²) in [5.41, 5.74) is 7.33. The summed E-state index contributed by atoms with van der Waals surface area (Å²) in [5, 5.41) is 5.31. The van der Waals surface area contributed by atoms with Crippen LogP contribution in [-0.4, -0.2) is 40.5 Å². The van der Waals surface area contributed by atoms with E-state index in [4.69, 9.17) is 10.5 Å². The molecule has 1 heterocycles. The number of hydrogen-bond acceptors (Lipinski definition) is 5. The van der Waals surface area contributed by atoms with E-state index in [1.54, 1.807) is 6.07 Å². The molecule has 1 aromatic carbocycles. The quantitative estimate of drug-likeness (QED) is 0.860. The molecule has 2 aromatic rings. The van der Waals surface area contributed by atoms with E-state index >= 15 is 0 Å². The summed E-state index contributed by atoms with van der Waals surface area (Å²) in [6.45, 7) is 6.11. The first-order valence-corrected chi connectivity index (χ1v) is 6.82. The number of fused-ring (bicyclic) bond motifs is 1. The van der Waals surface area contributed by atoms with Crippen LogP contribution in [0.1, 0.15) is 26.5 Å². The van der Waals surface area contributed by atoms with Crippen molar-refractivity contribution in [2.75, 3.05) is 19.8 Å². The topological polar surface area (TPSA) is 73.4 Å². The molecule has 6 nitrogen and oxygen atoms in total. The lowest BCUT2D eigenvalue weighted by Gasteiger charge is -2.19. The zero-order valence-corrected chi connectivity index (χ0v) is 13.2. The Labute approximate surface area is 124 Å². The predicted molar refractivity (Wildman–Crippen MR) is 83.2 cm³/mol.